The van der Waals surface area contributed by atoms with E-state index in [9.17, 15) is 0 Å². The van der Waals surface area contributed by atoms with E-state index in [1.54, 1.807) is 7.11 Å². The fraction of sp³-hybridized carbons (Fsp3) is 0.429. The van der Waals surface area contributed by atoms with Crippen LogP contribution in [-0.4, -0.2) is 33.4 Å². The molecule has 0 aliphatic carbocycles. The standard InChI is InChI=1S/C14H18BrNO2/c1-17-6-2-5-16-9-11-7-12-8-13(15)3-4-14(12)18-10-11/h3-4,7-8,16H,2,5-6,9-10H2,1H3. The monoisotopic (exact) mass is 311 g/mol. The van der Waals surface area contributed by atoms with Crippen LogP contribution in [0.25, 0.3) is 6.08 Å². The van der Waals surface area contributed by atoms with E-state index < -0.39 is 0 Å². The highest BCUT2D eigenvalue weighted by Crippen LogP contribution is 2.28. The van der Waals surface area contributed by atoms with Crippen molar-refractivity contribution < 1.29 is 9.47 Å². The molecular formula is C14H18BrNO2. The van der Waals surface area contributed by atoms with E-state index in [0.29, 0.717) is 6.61 Å². The van der Waals surface area contributed by atoms with Crippen LogP contribution in [0.2, 0.25) is 0 Å². The van der Waals surface area contributed by atoms with Gasteiger partial charge in [-0.3, -0.25) is 0 Å². The van der Waals surface area contributed by atoms with Crippen molar-refractivity contribution in [2.75, 3.05) is 33.4 Å². The second-order valence-electron chi connectivity index (χ2n) is 4.30. The van der Waals surface area contributed by atoms with E-state index in [0.717, 1.165) is 41.9 Å². The predicted molar refractivity (Wildman–Crippen MR) is 77.0 cm³/mol. The summed E-state index contributed by atoms with van der Waals surface area (Å²) in [5, 5.41) is 3.40. The van der Waals surface area contributed by atoms with Gasteiger partial charge in [0.1, 0.15) is 12.4 Å². The van der Waals surface area contributed by atoms with Crippen LogP contribution in [0.4, 0.5) is 0 Å². The third-order valence-corrected chi connectivity index (χ3v) is 3.29. The molecule has 4 heteroatoms. The van der Waals surface area contributed by atoms with Crippen LogP contribution < -0.4 is 10.1 Å². The van der Waals surface area contributed by atoms with Crippen LogP contribution in [0, 0.1) is 0 Å². The smallest absolute Gasteiger partial charge is 0.127 e. The van der Waals surface area contributed by atoms with Gasteiger partial charge < -0.3 is 14.8 Å². The summed E-state index contributed by atoms with van der Waals surface area (Å²) in [6.45, 7) is 3.32. The van der Waals surface area contributed by atoms with Gasteiger partial charge in [-0.05, 0) is 42.8 Å². The zero-order chi connectivity index (χ0) is 12.8. The van der Waals surface area contributed by atoms with Crippen molar-refractivity contribution in [3.63, 3.8) is 0 Å². The summed E-state index contributed by atoms with van der Waals surface area (Å²) < 4.78 is 11.8. The molecule has 0 spiro atoms. The highest BCUT2D eigenvalue weighted by atomic mass is 79.9. The normalized spacial score (nSPS) is 13.8. The van der Waals surface area contributed by atoms with Crippen molar-refractivity contribution in [3.8, 4) is 5.75 Å². The fourth-order valence-corrected chi connectivity index (χ4v) is 2.27. The van der Waals surface area contributed by atoms with Gasteiger partial charge in [0, 0.05) is 30.3 Å². The van der Waals surface area contributed by atoms with Gasteiger partial charge in [-0.15, -0.1) is 0 Å². The molecule has 0 fully saturated rings. The Morgan fingerprint density at radius 2 is 2.33 bits per heavy atom. The maximum absolute atomic E-state index is 5.72. The van der Waals surface area contributed by atoms with Gasteiger partial charge >= 0.3 is 0 Å². The Morgan fingerprint density at radius 3 is 3.17 bits per heavy atom. The molecule has 0 saturated carbocycles. The van der Waals surface area contributed by atoms with Gasteiger partial charge in [-0.2, -0.15) is 0 Å². The molecule has 0 amide bonds. The van der Waals surface area contributed by atoms with Gasteiger partial charge in [0.05, 0.1) is 0 Å². The van der Waals surface area contributed by atoms with Crippen LogP contribution in [0.1, 0.15) is 12.0 Å². The number of methoxy groups -OCH3 is 1. The van der Waals surface area contributed by atoms with Crippen molar-refractivity contribution >= 4 is 22.0 Å². The second-order valence-corrected chi connectivity index (χ2v) is 5.21. The minimum atomic E-state index is 0.673. The van der Waals surface area contributed by atoms with Gasteiger partial charge in [0.2, 0.25) is 0 Å². The van der Waals surface area contributed by atoms with Crippen molar-refractivity contribution in [1.82, 2.24) is 5.32 Å². The Labute approximate surface area is 116 Å². The van der Waals surface area contributed by atoms with Gasteiger partial charge in [0.15, 0.2) is 0 Å². The number of hydrogen-bond donors (Lipinski definition) is 1. The van der Waals surface area contributed by atoms with Crippen molar-refractivity contribution in [1.29, 1.82) is 0 Å². The Bertz CT molecular complexity index is 432. The topological polar surface area (TPSA) is 30.5 Å². The summed E-state index contributed by atoms with van der Waals surface area (Å²) in [4.78, 5) is 0. The number of nitrogens with one attached hydrogen (secondary N) is 1. The van der Waals surface area contributed by atoms with Crippen LogP contribution in [0.3, 0.4) is 0 Å². The van der Waals surface area contributed by atoms with E-state index in [-0.39, 0.29) is 0 Å². The van der Waals surface area contributed by atoms with Gasteiger partial charge in [-0.25, -0.2) is 0 Å². The Balaban J connectivity index is 1.87. The molecule has 3 nitrogen and oxygen atoms in total. The minimum absolute atomic E-state index is 0.673. The zero-order valence-corrected chi connectivity index (χ0v) is 12.1. The molecule has 0 unspecified atom stereocenters. The molecule has 0 bridgehead atoms. The molecule has 0 aromatic heterocycles. The van der Waals surface area contributed by atoms with Crippen LogP contribution >= 0.6 is 15.9 Å². The van der Waals surface area contributed by atoms with E-state index in [4.69, 9.17) is 9.47 Å². The molecule has 2 rings (SSSR count). The van der Waals surface area contributed by atoms with E-state index in [1.807, 2.05) is 12.1 Å². The van der Waals surface area contributed by atoms with Gasteiger partial charge in [0.25, 0.3) is 0 Å². The third kappa shape index (κ3) is 3.83. The van der Waals surface area contributed by atoms with Crippen LogP contribution in [0.5, 0.6) is 5.75 Å². The molecular weight excluding hydrogens is 294 g/mol. The van der Waals surface area contributed by atoms with Crippen molar-refractivity contribution in [2.24, 2.45) is 0 Å². The fourth-order valence-electron chi connectivity index (χ4n) is 1.89. The summed E-state index contributed by atoms with van der Waals surface area (Å²) in [5.74, 6) is 0.960. The maximum Gasteiger partial charge on any atom is 0.127 e. The SMILES string of the molecule is COCCCNCC1=Cc2cc(Br)ccc2OC1. The molecule has 1 N–H and O–H groups in total. The maximum atomic E-state index is 5.72. The molecule has 1 aromatic rings. The molecule has 0 saturated heterocycles. The molecule has 18 heavy (non-hydrogen) atoms. The highest BCUT2D eigenvalue weighted by Gasteiger charge is 2.11. The summed E-state index contributed by atoms with van der Waals surface area (Å²) in [6.07, 6.45) is 3.24. The van der Waals surface area contributed by atoms with E-state index in [2.05, 4.69) is 33.4 Å². The average molecular weight is 312 g/mol. The third-order valence-electron chi connectivity index (χ3n) is 2.80. The van der Waals surface area contributed by atoms with Crippen molar-refractivity contribution in [2.45, 2.75) is 6.42 Å². The lowest BCUT2D eigenvalue weighted by Gasteiger charge is -2.18. The van der Waals surface area contributed by atoms with Crippen molar-refractivity contribution in [3.05, 3.63) is 33.8 Å². The number of rotatable bonds is 6. The first kappa shape index (κ1) is 13.6. The number of benzene rings is 1. The molecule has 0 radical (unpaired) electrons. The quantitative estimate of drug-likeness (QED) is 0.820. The predicted octanol–water partition coefficient (Wildman–Crippen LogP) is 2.85. The Kier molecular flexibility index (Phi) is 5.23. The first-order chi connectivity index (χ1) is 8.79. The molecule has 1 aromatic carbocycles. The molecule has 98 valence electrons. The zero-order valence-electron chi connectivity index (χ0n) is 10.5. The number of ether oxygens (including phenoxy) is 2. The molecule has 1 aliphatic rings. The lowest BCUT2D eigenvalue weighted by molar-refractivity contribution is 0.194. The summed E-state index contributed by atoms with van der Waals surface area (Å²) in [6, 6.07) is 6.08. The minimum Gasteiger partial charge on any atom is -0.489 e. The summed E-state index contributed by atoms with van der Waals surface area (Å²) >= 11 is 3.48. The van der Waals surface area contributed by atoms with Crippen LogP contribution in [-0.2, 0) is 4.74 Å². The number of hydrogen-bond acceptors (Lipinski definition) is 3. The van der Waals surface area contributed by atoms with Crippen LogP contribution in [0.15, 0.2) is 28.2 Å². The lowest BCUT2D eigenvalue weighted by Crippen LogP contribution is -2.23. The van der Waals surface area contributed by atoms with E-state index >= 15 is 0 Å². The largest absolute Gasteiger partial charge is 0.489 e. The first-order valence-electron chi connectivity index (χ1n) is 6.11. The second kappa shape index (κ2) is 6.92. The number of halogens is 1. The Morgan fingerprint density at radius 1 is 1.44 bits per heavy atom. The van der Waals surface area contributed by atoms with Gasteiger partial charge in [-0.1, -0.05) is 15.9 Å². The first-order valence-corrected chi connectivity index (χ1v) is 6.90. The highest BCUT2D eigenvalue weighted by molar-refractivity contribution is 9.10. The molecule has 1 heterocycles. The number of fused-ring (bicyclic) bond motifs is 1. The lowest BCUT2D eigenvalue weighted by atomic mass is 10.1. The molecule has 0 atom stereocenters. The summed E-state index contributed by atoms with van der Waals surface area (Å²) in [5.41, 5.74) is 2.42. The summed E-state index contributed by atoms with van der Waals surface area (Å²) in [7, 11) is 1.73. The van der Waals surface area contributed by atoms with E-state index in [1.165, 1.54) is 5.57 Å². The molecule has 1 aliphatic heterocycles. The average Bonchev–Trinajstić information content (AvgIpc) is 2.38. The Hall–Kier alpha value is -0.840.